The smallest absolute Gasteiger partial charge is 0.0637 e. The lowest BCUT2D eigenvalue weighted by Crippen LogP contribution is -2.13. The predicted molar refractivity (Wildman–Crippen MR) is 71.9 cm³/mol. The van der Waals surface area contributed by atoms with E-state index in [1.54, 1.807) is 23.7 Å². The summed E-state index contributed by atoms with van der Waals surface area (Å²) < 4.78 is 1.10. The van der Waals surface area contributed by atoms with Crippen molar-refractivity contribution in [3.63, 3.8) is 0 Å². The molecule has 0 fully saturated rings. The van der Waals surface area contributed by atoms with Crippen LogP contribution in [-0.4, -0.2) is 4.98 Å². The van der Waals surface area contributed by atoms with Gasteiger partial charge in [0.15, 0.2) is 0 Å². The van der Waals surface area contributed by atoms with Crippen molar-refractivity contribution >= 4 is 38.9 Å². The second-order valence-corrected chi connectivity index (χ2v) is 5.76. The lowest BCUT2D eigenvalue weighted by atomic mass is 10.1. The van der Waals surface area contributed by atoms with E-state index in [-0.39, 0.29) is 6.04 Å². The minimum atomic E-state index is -0.0824. The average molecular weight is 318 g/mol. The Labute approximate surface area is 112 Å². The van der Waals surface area contributed by atoms with Crippen LogP contribution < -0.4 is 5.73 Å². The van der Waals surface area contributed by atoms with Gasteiger partial charge in [-0.05, 0) is 33.6 Å². The molecule has 2 N–H and O–H groups in total. The molecule has 2 heterocycles. The SMILES string of the molecule is NC(Cc1cc(Br)cs1)c1ccncc1Cl. The molecule has 0 spiro atoms. The number of aromatic nitrogens is 1. The Morgan fingerprint density at radius 3 is 3.00 bits per heavy atom. The summed E-state index contributed by atoms with van der Waals surface area (Å²) in [5, 5.41) is 2.68. The summed E-state index contributed by atoms with van der Waals surface area (Å²) in [6, 6.07) is 3.87. The summed E-state index contributed by atoms with van der Waals surface area (Å²) in [4.78, 5) is 5.19. The molecule has 0 aliphatic carbocycles. The van der Waals surface area contributed by atoms with Gasteiger partial charge in [0.1, 0.15) is 0 Å². The standard InChI is InChI=1S/C11H10BrClN2S/c12-7-3-8(16-6-7)4-11(14)9-1-2-15-5-10(9)13/h1-3,5-6,11H,4,14H2. The van der Waals surface area contributed by atoms with Crippen LogP contribution >= 0.6 is 38.9 Å². The molecule has 1 atom stereocenters. The van der Waals surface area contributed by atoms with Crippen LogP contribution in [0.5, 0.6) is 0 Å². The average Bonchev–Trinajstić information content (AvgIpc) is 2.64. The Kier molecular flexibility index (Phi) is 3.97. The fraction of sp³-hybridized carbons (Fsp3) is 0.182. The molecule has 16 heavy (non-hydrogen) atoms. The van der Waals surface area contributed by atoms with E-state index in [0.717, 1.165) is 16.5 Å². The summed E-state index contributed by atoms with van der Waals surface area (Å²) in [6.07, 6.45) is 4.13. The van der Waals surface area contributed by atoms with E-state index in [1.165, 1.54) is 4.88 Å². The second kappa shape index (κ2) is 5.27. The number of hydrogen-bond donors (Lipinski definition) is 1. The molecule has 0 amide bonds. The van der Waals surface area contributed by atoms with Gasteiger partial charge in [-0.1, -0.05) is 11.6 Å². The van der Waals surface area contributed by atoms with Gasteiger partial charge < -0.3 is 5.73 Å². The molecule has 84 valence electrons. The van der Waals surface area contributed by atoms with Gasteiger partial charge in [-0.15, -0.1) is 11.3 Å². The summed E-state index contributed by atoms with van der Waals surface area (Å²) in [5.41, 5.74) is 7.06. The Balaban J connectivity index is 2.14. The van der Waals surface area contributed by atoms with Crippen LogP contribution in [0.1, 0.15) is 16.5 Å². The number of nitrogens with two attached hydrogens (primary N) is 1. The van der Waals surface area contributed by atoms with Crippen LogP contribution in [0.3, 0.4) is 0 Å². The number of thiophene rings is 1. The van der Waals surface area contributed by atoms with Crippen molar-refractivity contribution in [2.24, 2.45) is 5.73 Å². The molecule has 2 rings (SSSR count). The molecule has 0 aliphatic heterocycles. The van der Waals surface area contributed by atoms with E-state index in [0.29, 0.717) is 5.02 Å². The first-order chi connectivity index (χ1) is 7.66. The van der Waals surface area contributed by atoms with E-state index in [1.807, 2.05) is 6.07 Å². The maximum absolute atomic E-state index is 6.12. The van der Waals surface area contributed by atoms with Crippen LogP contribution in [0.4, 0.5) is 0 Å². The first-order valence-electron chi connectivity index (χ1n) is 4.74. The maximum atomic E-state index is 6.12. The van der Waals surface area contributed by atoms with E-state index in [2.05, 4.69) is 32.4 Å². The van der Waals surface area contributed by atoms with Crippen molar-refractivity contribution in [3.8, 4) is 0 Å². The highest BCUT2D eigenvalue weighted by molar-refractivity contribution is 9.10. The topological polar surface area (TPSA) is 38.9 Å². The molecule has 1 unspecified atom stereocenters. The summed E-state index contributed by atoms with van der Waals surface area (Å²) >= 11 is 11.2. The lowest BCUT2D eigenvalue weighted by Gasteiger charge is -2.11. The molecule has 2 aromatic heterocycles. The quantitative estimate of drug-likeness (QED) is 0.935. The number of halogens is 2. The largest absolute Gasteiger partial charge is 0.324 e. The number of pyridine rings is 1. The molecule has 2 nitrogen and oxygen atoms in total. The van der Waals surface area contributed by atoms with Crippen molar-refractivity contribution in [2.75, 3.05) is 0 Å². The van der Waals surface area contributed by atoms with Gasteiger partial charge in [0.2, 0.25) is 0 Å². The molecule has 0 bridgehead atoms. The zero-order valence-electron chi connectivity index (χ0n) is 8.36. The van der Waals surface area contributed by atoms with Crippen LogP contribution in [-0.2, 0) is 6.42 Å². The van der Waals surface area contributed by atoms with Crippen molar-refractivity contribution in [1.29, 1.82) is 0 Å². The summed E-state index contributed by atoms with van der Waals surface area (Å²) in [5.74, 6) is 0. The zero-order chi connectivity index (χ0) is 11.5. The fourth-order valence-corrected chi connectivity index (χ4v) is 3.24. The second-order valence-electron chi connectivity index (χ2n) is 3.44. The van der Waals surface area contributed by atoms with Crippen molar-refractivity contribution in [2.45, 2.75) is 12.5 Å². The molecule has 5 heteroatoms. The number of hydrogen-bond acceptors (Lipinski definition) is 3. The lowest BCUT2D eigenvalue weighted by molar-refractivity contribution is 0.729. The third-order valence-corrected chi connectivity index (χ3v) is 4.28. The Morgan fingerprint density at radius 1 is 1.56 bits per heavy atom. The van der Waals surface area contributed by atoms with E-state index >= 15 is 0 Å². The van der Waals surface area contributed by atoms with Gasteiger partial charge in [-0.25, -0.2) is 0 Å². The molecule has 2 aromatic rings. The monoisotopic (exact) mass is 316 g/mol. The van der Waals surface area contributed by atoms with Crippen molar-refractivity contribution in [1.82, 2.24) is 4.98 Å². The Morgan fingerprint density at radius 2 is 2.38 bits per heavy atom. The summed E-state index contributed by atoms with van der Waals surface area (Å²) in [6.45, 7) is 0. The van der Waals surface area contributed by atoms with Crippen LogP contribution in [0.2, 0.25) is 5.02 Å². The molecule has 0 saturated carbocycles. The van der Waals surface area contributed by atoms with Crippen LogP contribution in [0, 0.1) is 0 Å². The number of rotatable bonds is 3. The van der Waals surface area contributed by atoms with Gasteiger partial charge in [0.05, 0.1) is 5.02 Å². The van der Waals surface area contributed by atoms with E-state index in [4.69, 9.17) is 17.3 Å². The molecule has 0 aliphatic rings. The third-order valence-electron chi connectivity index (χ3n) is 2.25. The highest BCUT2D eigenvalue weighted by atomic mass is 79.9. The predicted octanol–water partition coefficient (Wildman–Crippen LogP) is 3.80. The molecule has 0 aromatic carbocycles. The first-order valence-corrected chi connectivity index (χ1v) is 6.80. The zero-order valence-corrected chi connectivity index (χ0v) is 11.5. The number of nitrogens with zero attached hydrogens (tertiary/aromatic N) is 1. The maximum Gasteiger partial charge on any atom is 0.0637 e. The van der Waals surface area contributed by atoms with Crippen molar-refractivity contribution in [3.05, 3.63) is 49.8 Å². The van der Waals surface area contributed by atoms with Gasteiger partial charge in [-0.3, -0.25) is 4.98 Å². The molecular weight excluding hydrogens is 308 g/mol. The minimum Gasteiger partial charge on any atom is -0.324 e. The van der Waals surface area contributed by atoms with Gasteiger partial charge >= 0.3 is 0 Å². The van der Waals surface area contributed by atoms with Gasteiger partial charge in [0, 0.05) is 39.6 Å². The Bertz CT molecular complexity index is 486. The first kappa shape index (κ1) is 12.0. The summed E-state index contributed by atoms with van der Waals surface area (Å²) in [7, 11) is 0. The molecule has 0 radical (unpaired) electrons. The Hall–Kier alpha value is -0.420. The fourth-order valence-electron chi connectivity index (χ4n) is 1.47. The van der Waals surface area contributed by atoms with Crippen molar-refractivity contribution < 1.29 is 0 Å². The minimum absolute atomic E-state index is 0.0824. The normalized spacial score (nSPS) is 12.7. The molecule has 0 saturated heterocycles. The van der Waals surface area contributed by atoms with Crippen LogP contribution in [0.15, 0.2) is 34.4 Å². The highest BCUT2D eigenvalue weighted by Gasteiger charge is 2.11. The molecular formula is C11H10BrClN2S. The van der Waals surface area contributed by atoms with Gasteiger partial charge in [-0.2, -0.15) is 0 Å². The highest BCUT2D eigenvalue weighted by Crippen LogP contribution is 2.27. The van der Waals surface area contributed by atoms with E-state index in [9.17, 15) is 0 Å². The van der Waals surface area contributed by atoms with E-state index < -0.39 is 0 Å². The third kappa shape index (κ3) is 2.83. The van der Waals surface area contributed by atoms with Crippen LogP contribution in [0.25, 0.3) is 0 Å². The van der Waals surface area contributed by atoms with Gasteiger partial charge in [0.25, 0.3) is 0 Å².